The summed E-state index contributed by atoms with van der Waals surface area (Å²) in [6.45, 7) is 5.03. The van der Waals surface area contributed by atoms with E-state index in [1.54, 1.807) is 0 Å². The van der Waals surface area contributed by atoms with Crippen LogP contribution in [0.5, 0.6) is 0 Å². The fraction of sp³-hybridized carbons (Fsp3) is 0.647. The van der Waals surface area contributed by atoms with E-state index < -0.39 is 10.8 Å². The molecule has 0 aromatic heterocycles. The van der Waals surface area contributed by atoms with Crippen molar-refractivity contribution < 1.29 is 4.21 Å². The summed E-state index contributed by atoms with van der Waals surface area (Å²) in [5, 5.41) is 0.290. The Balaban J connectivity index is 2.07. The normalized spacial score (nSPS) is 28.2. The quantitative estimate of drug-likeness (QED) is 0.904. The zero-order valence-corrected chi connectivity index (χ0v) is 13.5. The lowest BCUT2D eigenvalue weighted by Crippen LogP contribution is -2.37. The Morgan fingerprint density at radius 1 is 1.30 bits per heavy atom. The van der Waals surface area contributed by atoms with Crippen molar-refractivity contribution in [1.82, 2.24) is 0 Å². The molecule has 2 rings (SSSR count). The summed E-state index contributed by atoms with van der Waals surface area (Å²) in [6, 6.07) is 8.28. The third kappa shape index (κ3) is 3.70. The Kier molecular flexibility index (Phi) is 5.79. The van der Waals surface area contributed by atoms with Crippen LogP contribution >= 0.6 is 0 Å². The van der Waals surface area contributed by atoms with E-state index in [-0.39, 0.29) is 0 Å². The average molecular weight is 293 g/mol. The molecule has 1 saturated carbocycles. The fourth-order valence-corrected chi connectivity index (χ4v) is 5.28. The number of aryl methyl sites for hydroxylation is 1. The molecule has 0 aliphatic heterocycles. The van der Waals surface area contributed by atoms with Crippen LogP contribution < -0.4 is 5.73 Å². The summed E-state index contributed by atoms with van der Waals surface area (Å²) in [5.74, 6) is 1.87. The van der Waals surface area contributed by atoms with Gasteiger partial charge in [0.1, 0.15) is 0 Å². The van der Waals surface area contributed by atoms with Crippen LogP contribution in [0.15, 0.2) is 24.3 Å². The smallest absolute Gasteiger partial charge is 0.0491 e. The van der Waals surface area contributed by atoms with Crippen LogP contribution in [0.3, 0.4) is 0 Å². The van der Waals surface area contributed by atoms with Gasteiger partial charge in [0.05, 0.1) is 0 Å². The van der Waals surface area contributed by atoms with Gasteiger partial charge in [0.2, 0.25) is 0 Å². The zero-order valence-electron chi connectivity index (χ0n) is 12.7. The molecular formula is C17H27NOS. The van der Waals surface area contributed by atoms with Crippen LogP contribution in [0.2, 0.25) is 0 Å². The van der Waals surface area contributed by atoms with E-state index in [0.717, 1.165) is 18.8 Å². The molecule has 0 heterocycles. The maximum Gasteiger partial charge on any atom is 0.0491 e. The van der Waals surface area contributed by atoms with Crippen molar-refractivity contribution in [2.45, 2.75) is 50.5 Å². The van der Waals surface area contributed by atoms with Gasteiger partial charge in [-0.05, 0) is 49.3 Å². The van der Waals surface area contributed by atoms with Crippen LogP contribution in [0.1, 0.15) is 43.7 Å². The minimum absolute atomic E-state index is 0.290. The highest BCUT2D eigenvalue weighted by atomic mass is 32.2. The first-order valence-corrected chi connectivity index (χ1v) is 9.15. The van der Waals surface area contributed by atoms with Crippen LogP contribution in [-0.2, 0) is 16.6 Å². The third-order valence-corrected chi connectivity index (χ3v) is 6.66. The van der Waals surface area contributed by atoms with Gasteiger partial charge in [-0.3, -0.25) is 4.21 Å². The molecule has 0 radical (unpaired) electrons. The molecule has 2 N–H and O–H groups in total. The molecule has 0 spiro atoms. The van der Waals surface area contributed by atoms with Gasteiger partial charge >= 0.3 is 0 Å². The van der Waals surface area contributed by atoms with Gasteiger partial charge in [-0.2, -0.15) is 0 Å². The zero-order chi connectivity index (χ0) is 14.5. The van der Waals surface area contributed by atoms with Crippen molar-refractivity contribution in [3.05, 3.63) is 35.4 Å². The van der Waals surface area contributed by atoms with Gasteiger partial charge in [-0.25, -0.2) is 0 Å². The summed E-state index contributed by atoms with van der Waals surface area (Å²) in [6.07, 6.45) is 4.71. The molecule has 1 aliphatic carbocycles. The number of benzene rings is 1. The highest BCUT2D eigenvalue weighted by Crippen LogP contribution is 2.34. The Bertz CT molecular complexity index is 460. The van der Waals surface area contributed by atoms with Gasteiger partial charge in [0, 0.05) is 21.8 Å². The van der Waals surface area contributed by atoms with Crippen LogP contribution in [-0.4, -0.2) is 16.0 Å². The van der Waals surface area contributed by atoms with Crippen molar-refractivity contribution in [1.29, 1.82) is 0 Å². The van der Waals surface area contributed by atoms with Gasteiger partial charge < -0.3 is 5.73 Å². The standard InChI is InChI=1S/C17H27NOS/c1-3-14-8-9-15(11-18)17(10-14)20(19)12-16-7-5-4-6-13(16)2/h4-7,14-15,17H,3,8-12,18H2,1-2H3. The second kappa shape index (κ2) is 7.37. The van der Waals surface area contributed by atoms with E-state index in [1.807, 2.05) is 12.1 Å². The second-order valence-electron chi connectivity index (χ2n) is 6.07. The minimum atomic E-state index is -0.800. The van der Waals surface area contributed by atoms with E-state index in [2.05, 4.69) is 26.0 Å². The molecule has 0 saturated heterocycles. The maximum absolute atomic E-state index is 12.8. The van der Waals surface area contributed by atoms with Gasteiger partial charge in [-0.15, -0.1) is 0 Å². The molecule has 1 aromatic carbocycles. The van der Waals surface area contributed by atoms with Crippen molar-refractivity contribution in [3.63, 3.8) is 0 Å². The average Bonchev–Trinajstić information content (AvgIpc) is 2.48. The van der Waals surface area contributed by atoms with Crippen LogP contribution in [0.25, 0.3) is 0 Å². The maximum atomic E-state index is 12.8. The number of nitrogens with two attached hydrogens (primary N) is 1. The molecule has 112 valence electrons. The summed E-state index contributed by atoms with van der Waals surface area (Å²) >= 11 is 0. The number of hydrogen-bond donors (Lipinski definition) is 1. The van der Waals surface area contributed by atoms with E-state index >= 15 is 0 Å². The lowest BCUT2D eigenvalue weighted by Gasteiger charge is -2.34. The Morgan fingerprint density at radius 3 is 2.70 bits per heavy atom. The van der Waals surface area contributed by atoms with Gasteiger partial charge in [0.25, 0.3) is 0 Å². The predicted octanol–water partition coefficient (Wildman–Crippen LogP) is 3.40. The predicted molar refractivity (Wildman–Crippen MR) is 87.0 cm³/mol. The largest absolute Gasteiger partial charge is 0.330 e. The Hall–Kier alpha value is -0.670. The summed E-state index contributed by atoms with van der Waals surface area (Å²) in [4.78, 5) is 0. The first-order chi connectivity index (χ1) is 9.65. The van der Waals surface area contributed by atoms with E-state index in [0.29, 0.717) is 23.5 Å². The highest BCUT2D eigenvalue weighted by molar-refractivity contribution is 7.84. The molecule has 4 unspecified atom stereocenters. The summed E-state index contributed by atoms with van der Waals surface area (Å²) in [5.41, 5.74) is 8.37. The lowest BCUT2D eigenvalue weighted by atomic mass is 9.80. The molecule has 1 aliphatic rings. The van der Waals surface area contributed by atoms with Crippen molar-refractivity contribution in [3.8, 4) is 0 Å². The SMILES string of the molecule is CCC1CCC(CN)C(S(=O)Cc2ccccc2C)C1. The summed E-state index contributed by atoms with van der Waals surface area (Å²) in [7, 11) is -0.800. The summed E-state index contributed by atoms with van der Waals surface area (Å²) < 4.78 is 12.8. The second-order valence-corrected chi connectivity index (χ2v) is 7.73. The first kappa shape index (κ1) is 15.7. The molecule has 20 heavy (non-hydrogen) atoms. The fourth-order valence-electron chi connectivity index (χ4n) is 3.27. The number of rotatable bonds is 5. The minimum Gasteiger partial charge on any atom is -0.330 e. The molecule has 0 bridgehead atoms. The van der Waals surface area contributed by atoms with Crippen molar-refractivity contribution in [2.24, 2.45) is 17.6 Å². The highest BCUT2D eigenvalue weighted by Gasteiger charge is 2.32. The monoisotopic (exact) mass is 293 g/mol. The van der Waals surface area contributed by atoms with Crippen LogP contribution in [0.4, 0.5) is 0 Å². The molecule has 0 amide bonds. The van der Waals surface area contributed by atoms with E-state index in [4.69, 9.17) is 5.73 Å². The van der Waals surface area contributed by atoms with Gasteiger partial charge in [0.15, 0.2) is 0 Å². The molecule has 4 atom stereocenters. The Morgan fingerprint density at radius 2 is 2.05 bits per heavy atom. The molecule has 1 fully saturated rings. The molecule has 1 aromatic rings. The topological polar surface area (TPSA) is 43.1 Å². The van der Waals surface area contributed by atoms with Crippen molar-refractivity contribution in [2.75, 3.05) is 6.54 Å². The van der Waals surface area contributed by atoms with Crippen LogP contribution in [0, 0.1) is 18.8 Å². The first-order valence-electron chi connectivity index (χ1n) is 7.77. The van der Waals surface area contributed by atoms with E-state index in [1.165, 1.54) is 24.0 Å². The van der Waals surface area contributed by atoms with Crippen molar-refractivity contribution >= 4 is 10.8 Å². The van der Waals surface area contributed by atoms with E-state index in [9.17, 15) is 4.21 Å². The Labute approximate surface area is 125 Å². The third-order valence-electron chi connectivity index (χ3n) is 4.81. The molecule has 3 heteroatoms. The molecular weight excluding hydrogens is 266 g/mol. The molecule has 2 nitrogen and oxygen atoms in total. The lowest BCUT2D eigenvalue weighted by molar-refractivity contribution is 0.280. The van der Waals surface area contributed by atoms with Gasteiger partial charge in [-0.1, -0.05) is 44.0 Å². The number of hydrogen-bond acceptors (Lipinski definition) is 2.